The molecule has 0 aliphatic carbocycles. The number of nitrogens with one attached hydrogen (secondary N) is 1. The van der Waals surface area contributed by atoms with Crippen LogP contribution in [0, 0.1) is 0 Å². The molecule has 24 heavy (non-hydrogen) atoms. The Labute approximate surface area is 152 Å². The second-order valence-electron chi connectivity index (χ2n) is 5.73. The van der Waals surface area contributed by atoms with E-state index in [0.29, 0.717) is 18.0 Å². The lowest BCUT2D eigenvalue weighted by molar-refractivity contribution is -0.891. The highest BCUT2D eigenvalue weighted by Gasteiger charge is 2.17. The number of hydrogen-bond acceptors (Lipinski definition) is 3. The van der Waals surface area contributed by atoms with Crippen molar-refractivity contribution in [2.75, 3.05) is 26.0 Å². The van der Waals surface area contributed by atoms with Gasteiger partial charge in [0, 0.05) is 10.0 Å². The normalized spacial score (nSPS) is 12.8. The van der Waals surface area contributed by atoms with Gasteiger partial charge in [0.15, 0.2) is 9.84 Å². The zero-order valence-corrected chi connectivity index (χ0v) is 16.4. The first-order valence-electron chi connectivity index (χ1n) is 7.92. The van der Waals surface area contributed by atoms with Crippen molar-refractivity contribution in [1.82, 2.24) is 0 Å². The van der Waals surface area contributed by atoms with Crippen LogP contribution in [0.2, 0.25) is 0 Å². The molecule has 4 nitrogen and oxygen atoms in total. The second kappa shape index (κ2) is 8.65. The number of benzene rings is 2. The van der Waals surface area contributed by atoms with Crippen molar-refractivity contribution in [1.29, 1.82) is 0 Å². The van der Waals surface area contributed by atoms with E-state index >= 15 is 0 Å². The lowest BCUT2D eigenvalue weighted by atomic mass is 10.2. The van der Waals surface area contributed by atoms with Gasteiger partial charge < -0.3 is 9.64 Å². The van der Waals surface area contributed by atoms with Gasteiger partial charge in [-0.1, -0.05) is 15.9 Å². The SMILES string of the molecule is CCOc1ccc(C[NH+](C)CCS(=O)(=O)c2ccc(Br)cc2)cc1. The average Bonchev–Trinajstić information content (AvgIpc) is 2.56. The Morgan fingerprint density at radius 3 is 2.25 bits per heavy atom. The molecular formula is C18H23BrNO3S+. The fourth-order valence-corrected chi connectivity index (χ4v) is 4.04. The summed E-state index contributed by atoms with van der Waals surface area (Å²) in [7, 11) is -1.23. The van der Waals surface area contributed by atoms with Crippen molar-refractivity contribution >= 4 is 25.8 Å². The molecule has 6 heteroatoms. The average molecular weight is 413 g/mol. The molecule has 1 atom stereocenters. The predicted molar refractivity (Wildman–Crippen MR) is 99.3 cm³/mol. The Kier molecular flexibility index (Phi) is 6.83. The first-order valence-corrected chi connectivity index (χ1v) is 10.4. The Balaban J connectivity index is 1.90. The molecule has 2 rings (SSSR count). The maximum atomic E-state index is 12.4. The molecule has 2 aromatic rings. The summed E-state index contributed by atoms with van der Waals surface area (Å²) in [5.74, 6) is 0.994. The van der Waals surface area contributed by atoms with E-state index in [1.807, 2.05) is 38.2 Å². The minimum absolute atomic E-state index is 0.136. The molecule has 0 spiro atoms. The highest BCUT2D eigenvalue weighted by atomic mass is 79.9. The van der Waals surface area contributed by atoms with Gasteiger partial charge in [-0.15, -0.1) is 0 Å². The van der Waals surface area contributed by atoms with Gasteiger partial charge in [-0.3, -0.25) is 0 Å². The van der Waals surface area contributed by atoms with E-state index in [-0.39, 0.29) is 5.75 Å². The Hall–Kier alpha value is -1.37. The lowest BCUT2D eigenvalue weighted by Crippen LogP contribution is -3.08. The van der Waals surface area contributed by atoms with E-state index in [1.54, 1.807) is 24.3 Å². The van der Waals surface area contributed by atoms with Crippen LogP contribution in [0.3, 0.4) is 0 Å². The minimum atomic E-state index is -3.24. The first-order chi connectivity index (χ1) is 11.4. The molecule has 130 valence electrons. The molecule has 1 unspecified atom stereocenters. The van der Waals surface area contributed by atoms with Crippen LogP contribution in [-0.4, -0.2) is 34.4 Å². The van der Waals surface area contributed by atoms with E-state index in [4.69, 9.17) is 4.74 Å². The van der Waals surface area contributed by atoms with Gasteiger partial charge >= 0.3 is 0 Å². The van der Waals surface area contributed by atoms with Crippen LogP contribution < -0.4 is 9.64 Å². The lowest BCUT2D eigenvalue weighted by Gasteiger charge is -2.14. The molecule has 0 aliphatic heterocycles. The molecule has 0 radical (unpaired) electrons. The summed E-state index contributed by atoms with van der Waals surface area (Å²) < 4.78 is 31.0. The molecule has 0 aromatic heterocycles. The van der Waals surface area contributed by atoms with E-state index in [1.165, 1.54) is 0 Å². The van der Waals surface area contributed by atoms with Crippen LogP contribution in [0.5, 0.6) is 5.75 Å². The Morgan fingerprint density at radius 1 is 1.04 bits per heavy atom. The van der Waals surface area contributed by atoms with Crippen molar-refractivity contribution in [3.63, 3.8) is 0 Å². The zero-order chi connectivity index (χ0) is 17.6. The second-order valence-corrected chi connectivity index (χ2v) is 8.76. The van der Waals surface area contributed by atoms with Gasteiger partial charge in [-0.05, 0) is 55.5 Å². The fraction of sp³-hybridized carbons (Fsp3) is 0.333. The topological polar surface area (TPSA) is 47.8 Å². The molecule has 2 aromatic carbocycles. The van der Waals surface area contributed by atoms with Crippen molar-refractivity contribution in [2.24, 2.45) is 0 Å². The van der Waals surface area contributed by atoms with E-state index in [9.17, 15) is 8.42 Å². The number of hydrogen-bond donors (Lipinski definition) is 1. The number of halogens is 1. The monoisotopic (exact) mass is 412 g/mol. The third-order valence-corrected chi connectivity index (χ3v) is 5.97. The number of ether oxygens (including phenoxy) is 1. The van der Waals surface area contributed by atoms with Gasteiger partial charge in [0.25, 0.3) is 0 Å². The Bertz CT molecular complexity index is 743. The van der Waals surface area contributed by atoms with Crippen molar-refractivity contribution in [3.8, 4) is 5.75 Å². The maximum absolute atomic E-state index is 12.4. The van der Waals surface area contributed by atoms with Gasteiger partial charge in [-0.25, -0.2) is 8.42 Å². The van der Waals surface area contributed by atoms with E-state index < -0.39 is 9.84 Å². The molecule has 0 fully saturated rings. The van der Waals surface area contributed by atoms with E-state index in [2.05, 4.69) is 15.9 Å². The first kappa shape index (κ1) is 19.0. The van der Waals surface area contributed by atoms with Crippen molar-refractivity contribution < 1.29 is 18.1 Å². The van der Waals surface area contributed by atoms with Crippen LogP contribution in [0.25, 0.3) is 0 Å². The number of sulfone groups is 1. The van der Waals surface area contributed by atoms with Crippen LogP contribution in [-0.2, 0) is 16.4 Å². The summed E-state index contributed by atoms with van der Waals surface area (Å²) in [6.45, 7) is 3.95. The molecular weight excluding hydrogens is 390 g/mol. The zero-order valence-electron chi connectivity index (χ0n) is 14.0. The predicted octanol–water partition coefficient (Wildman–Crippen LogP) is 2.34. The van der Waals surface area contributed by atoms with Crippen LogP contribution in [0.15, 0.2) is 57.9 Å². The van der Waals surface area contributed by atoms with Crippen molar-refractivity contribution in [2.45, 2.75) is 18.4 Å². The van der Waals surface area contributed by atoms with Crippen LogP contribution in [0.1, 0.15) is 12.5 Å². The van der Waals surface area contributed by atoms with Crippen molar-refractivity contribution in [3.05, 3.63) is 58.6 Å². The smallest absolute Gasteiger partial charge is 0.183 e. The molecule has 0 saturated heterocycles. The molecule has 0 aliphatic rings. The molecule has 0 saturated carbocycles. The van der Waals surface area contributed by atoms with Gasteiger partial charge in [0.2, 0.25) is 0 Å². The molecule has 0 bridgehead atoms. The third-order valence-electron chi connectivity index (χ3n) is 3.71. The standard InChI is InChI=1S/C18H22BrNO3S/c1-3-23-17-8-4-15(5-9-17)14-20(2)12-13-24(21,22)18-10-6-16(19)7-11-18/h4-11H,3,12-14H2,1-2H3/p+1. The molecule has 1 N–H and O–H groups in total. The van der Waals surface area contributed by atoms with E-state index in [0.717, 1.165) is 27.2 Å². The minimum Gasteiger partial charge on any atom is -0.494 e. The summed E-state index contributed by atoms with van der Waals surface area (Å²) in [6.07, 6.45) is 0. The highest BCUT2D eigenvalue weighted by molar-refractivity contribution is 9.10. The molecule has 0 heterocycles. The van der Waals surface area contributed by atoms with Crippen LogP contribution >= 0.6 is 15.9 Å². The van der Waals surface area contributed by atoms with Gasteiger partial charge in [-0.2, -0.15) is 0 Å². The third kappa shape index (κ3) is 5.61. The maximum Gasteiger partial charge on any atom is 0.183 e. The largest absolute Gasteiger partial charge is 0.494 e. The Morgan fingerprint density at radius 2 is 1.67 bits per heavy atom. The summed E-state index contributed by atoms with van der Waals surface area (Å²) in [5, 5.41) is 0. The fourth-order valence-electron chi connectivity index (χ4n) is 2.38. The van der Waals surface area contributed by atoms with Crippen LogP contribution in [0.4, 0.5) is 0 Å². The number of quaternary nitrogens is 1. The molecule has 0 amide bonds. The van der Waals surface area contributed by atoms with Gasteiger partial charge in [0.1, 0.15) is 18.0 Å². The number of rotatable bonds is 8. The summed E-state index contributed by atoms with van der Waals surface area (Å²) in [4.78, 5) is 1.53. The summed E-state index contributed by atoms with van der Waals surface area (Å²) >= 11 is 3.32. The summed E-state index contributed by atoms with van der Waals surface area (Å²) in [6, 6.07) is 14.7. The highest BCUT2D eigenvalue weighted by Crippen LogP contribution is 2.15. The van der Waals surface area contributed by atoms with Gasteiger partial charge in [0.05, 0.1) is 25.1 Å². The quantitative estimate of drug-likeness (QED) is 0.723. The summed E-state index contributed by atoms with van der Waals surface area (Å²) in [5.41, 5.74) is 1.16.